The van der Waals surface area contributed by atoms with Gasteiger partial charge in [-0.05, 0) is 51.6 Å². The summed E-state index contributed by atoms with van der Waals surface area (Å²) in [7, 11) is 0. The summed E-state index contributed by atoms with van der Waals surface area (Å²) in [6, 6.07) is 25.9. The highest BCUT2D eigenvalue weighted by Crippen LogP contribution is 2.62. The molecule has 5 rings (SSSR count). The molecule has 1 aliphatic carbocycles. The van der Waals surface area contributed by atoms with Crippen molar-refractivity contribution < 1.29 is 0 Å². The molecule has 2 nitrogen and oxygen atoms in total. The largest absolute Gasteiger partial charge is 0.292 e. The lowest BCUT2D eigenvalue weighted by molar-refractivity contribution is 0.125. The first-order valence-electron chi connectivity index (χ1n) is 10.8. The van der Waals surface area contributed by atoms with Crippen molar-refractivity contribution in [3.63, 3.8) is 0 Å². The van der Waals surface area contributed by atoms with Gasteiger partial charge in [-0.1, -0.05) is 90.1 Å². The van der Waals surface area contributed by atoms with Crippen molar-refractivity contribution in [2.24, 2.45) is 5.41 Å². The van der Waals surface area contributed by atoms with Gasteiger partial charge in [0.1, 0.15) is 5.82 Å². The summed E-state index contributed by atoms with van der Waals surface area (Å²) in [5.41, 5.74) is 7.69. The lowest BCUT2D eigenvalue weighted by Crippen LogP contribution is -2.42. The van der Waals surface area contributed by atoms with Gasteiger partial charge in [-0.2, -0.15) is 0 Å². The topological polar surface area (TPSA) is 17.8 Å². The first kappa shape index (κ1) is 19.1. The molecule has 152 valence electrons. The van der Waals surface area contributed by atoms with Crippen molar-refractivity contribution in [1.29, 1.82) is 0 Å². The molecule has 1 aromatic heterocycles. The Hall–Kier alpha value is -2.87. The first-order valence-corrected chi connectivity index (χ1v) is 10.8. The Morgan fingerprint density at radius 3 is 1.80 bits per heavy atom. The molecule has 0 fully saturated rings. The van der Waals surface area contributed by atoms with Crippen molar-refractivity contribution in [2.75, 3.05) is 0 Å². The third kappa shape index (κ3) is 2.34. The molecule has 30 heavy (non-hydrogen) atoms. The highest BCUT2D eigenvalue weighted by Gasteiger charge is 2.57. The Bertz CT molecular complexity index is 1240. The third-order valence-corrected chi connectivity index (χ3v) is 8.31. The second kappa shape index (κ2) is 6.07. The molecule has 1 heterocycles. The molecule has 0 amide bonds. The number of rotatable bonds is 2. The average Bonchev–Trinajstić information content (AvgIpc) is 3.16. The van der Waals surface area contributed by atoms with Gasteiger partial charge in [0.2, 0.25) is 0 Å². The minimum Gasteiger partial charge on any atom is -0.292 e. The number of hydrogen-bond acceptors (Lipinski definition) is 1. The van der Waals surface area contributed by atoms with E-state index in [0.29, 0.717) is 0 Å². The Balaban J connectivity index is 1.88. The molecule has 0 radical (unpaired) electrons. The quantitative estimate of drug-likeness (QED) is 0.349. The summed E-state index contributed by atoms with van der Waals surface area (Å²) in [6.07, 6.45) is 0. The smallest absolute Gasteiger partial charge is 0.145 e. The van der Waals surface area contributed by atoms with Crippen LogP contribution in [0.5, 0.6) is 0 Å². The standard InChI is InChI=1S/C28H30N2/c1-26(2)21-17-23-24(18-22(21)27(3,4)28(26,5)6)30(20-15-11-8-12-16-20)25(29-23)19-13-9-7-10-14-19/h7-18H,1-6H3. The van der Waals surface area contributed by atoms with E-state index in [1.807, 2.05) is 0 Å². The lowest BCUT2D eigenvalue weighted by Gasteiger charge is -2.44. The monoisotopic (exact) mass is 394 g/mol. The highest BCUT2D eigenvalue weighted by molar-refractivity contribution is 5.86. The van der Waals surface area contributed by atoms with Crippen molar-refractivity contribution in [1.82, 2.24) is 9.55 Å². The van der Waals surface area contributed by atoms with E-state index in [2.05, 4.69) is 119 Å². The van der Waals surface area contributed by atoms with Crippen LogP contribution in [-0.4, -0.2) is 9.55 Å². The Morgan fingerprint density at radius 2 is 1.20 bits per heavy atom. The molecule has 0 saturated carbocycles. The van der Waals surface area contributed by atoms with Crippen LogP contribution < -0.4 is 0 Å². The molecule has 4 aromatic rings. The van der Waals surface area contributed by atoms with Gasteiger partial charge in [-0.25, -0.2) is 4.98 Å². The second-order valence-electron chi connectivity index (χ2n) is 10.2. The lowest BCUT2D eigenvalue weighted by atomic mass is 9.59. The van der Waals surface area contributed by atoms with Gasteiger partial charge in [0.15, 0.2) is 0 Å². The van der Waals surface area contributed by atoms with E-state index >= 15 is 0 Å². The fraction of sp³-hybridized carbons (Fsp3) is 0.321. The maximum atomic E-state index is 5.16. The van der Waals surface area contributed by atoms with Crippen LogP contribution in [0.3, 0.4) is 0 Å². The van der Waals surface area contributed by atoms with E-state index in [1.165, 1.54) is 16.6 Å². The fourth-order valence-electron chi connectivity index (χ4n) is 5.23. The Kier molecular flexibility index (Phi) is 3.87. The second-order valence-corrected chi connectivity index (χ2v) is 10.2. The van der Waals surface area contributed by atoms with E-state index < -0.39 is 0 Å². The number of para-hydroxylation sites is 1. The van der Waals surface area contributed by atoms with Crippen molar-refractivity contribution in [3.8, 4) is 17.1 Å². The molecule has 0 aliphatic heterocycles. The predicted molar refractivity (Wildman–Crippen MR) is 126 cm³/mol. The minimum atomic E-state index is 0.0682. The summed E-state index contributed by atoms with van der Waals surface area (Å²) < 4.78 is 2.32. The normalized spacial score (nSPS) is 18.5. The van der Waals surface area contributed by atoms with Gasteiger partial charge >= 0.3 is 0 Å². The zero-order valence-corrected chi connectivity index (χ0v) is 18.8. The van der Waals surface area contributed by atoms with Gasteiger partial charge in [0.05, 0.1) is 11.0 Å². The van der Waals surface area contributed by atoms with Crippen LogP contribution in [0.2, 0.25) is 0 Å². The average molecular weight is 395 g/mol. The van der Waals surface area contributed by atoms with Crippen LogP contribution >= 0.6 is 0 Å². The predicted octanol–water partition coefficient (Wildman–Crippen LogP) is 7.29. The van der Waals surface area contributed by atoms with Gasteiger partial charge < -0.3 is 0 Å². The van der Waals surface area contributed by atoms with Gasteiger partial charge in [-0.3, -0.25) is 4.57 Å². The van der Waals surface area contributed by atoms with Gasteiger partial charge in [0.25, 0.3) is 0 Å². The number of benzene rings is 3. The van der Waals surface area contributed by atoms with E-state index in [1.54, 1.807) is 0 Å². The van der Waals surface area contributed by atoms with Crippen molar-refractivity contribution >= 4 is 11.0 Å². The zero-order chi connectivity index (χ0) is 21.3. The van der Waals surface area contributed by atoms with Crippen LogP contribution in [0.25, 0.3) is 28.1 Å². The number of aromatic nitrogens is 2. The summed E-state index contributed by atoms with van der Waals surface area (Å²) >= 11 is 0. The minimum absolute atomic E-state index is 0.0682. The van der Waals surface area contributed by atoms with E-state index in [0.717, 1.165) is 22.6 Å². The molecule has 0 bridgehead atoms. The third-order valence-electron chi connectivity index (χ3n) is 8.31. The molecule has 0 saturated heterocycles. The van der Waals surface area contributed by atoms with Crippen LogP contribution in [-0.2, 0) is 10.8 Å². The maximum Gasteiger partial charge on any atom is 0.145 e. The molecule has 1 aliphatic rings. The van der Waals surface area contributed by atoms with Gasteiger partial charge in [0, 0.05) is 11.3 Å². The molecule has 0 N–H and O–H groups in total. The van der Waals surface area contributed by atoms with E-state index in [9.17, 15) is 0 Å². The summed E-state index contributed by atoms with van der Waals surface area (Å²) in [5.74, 6) is 0.996. The number of imidazole rings is 1. The van der Waals surface area contributed by atoms with Crippen LogP contribution in [0.15, 0.2) is 72.8 Å². The number of fused-ring (bicyclic) bond motifs is 2. The fourth-order valence-corrected chi connectivity index (χ4v) is 5.23. The molecule has 2 heteroatoms. The Labute approximate surface area is 179 Å². The zero-order valence-electron chi connectivity index (χ0n) is 18.8. The Morgan fingerprint density at radius 1 is 0.667 bits per heavy atom. The van der Waals surface area contributed by atoms with Gasteiger partial charge in [-0.15, -0.1) is 0 Å². The van der Waals surface area contributed by atoms with Crippen LogP contribution in [0.1, 0.15) is 52.7 Å². The van der Waals surface area contributed by atoms with Crippen molar-refractivity contribution in [2.45, 2.75) is 52.4 Å². The van der Waals surface area contributed by atoms with Crippen LogP contribution in [0.4, 0.5) is 0 Å². The molecule has 0 unspecified atom stereocenters. The molecular formula is C28H30N2. The first-order chi connectivity index (χ1) is 14.2. The van der Waals surface area contributed by atoms with Crippen molar-refractivity contribution in [3.05, 3.63) is 83.9 Å². The van der Waals surface area contributed by atoms with Crippen LogP contribution in [0, 0.1) is 5.41 Å². The molecule has 0 atom stereocenters. The summed E-state index contributed by atoms with van der Waals surface area (Å²) in [4.78, 5) is 5.16. The molecular weight excluding hydrogens is 364 g/mol. The maximum absolute atomic E-state index is 5.16. The summed E-state index contributed by atoms with van der Waals surface area (Å²) in [5, 5.41) is 0. The van der Waals surface area contributed by atoms with E-state index in [-0.39, 0.29) is 16.2 Å². The molecule has 3 aromatic carbocycles. The highest BCUT2D eigenvalue weighted by atomic mass is 15.1. The summed E-state index contributed by atoms with van der Waals surface area (Å²) in [6.45, 7) is 14.4. The number of nitrogens with zero attached hydrogens (tertiary/aromatic N) is 2. The SMILES string of the molecule is CC1(C)c2cc3nc(-c4ccccc4)n(-c4ccccc4)c3cc2C(C)(C)C1(C)C. The number of hydrogen-bond donors (Lipinski definition) is 0. The van der Waals surface area contributed by atoms with E-state index in [4.69, 9.17) is 4.98 Å². The molecule has 0 spiro atoms.